The Bertz CT molecular complexity index is 1530. The maximum Gasteiger partial charge on any atom is 0.0998 e. The normalized spacial score (nSPS) is 37.6. The first kappa shape index (κ1) is 25.9. The van der Waals surface area contributed by atoms with Crippen molar-refractivity contribution in [2.45, 2.75) is 81.9 Å². The summed E-state index contributed by atoms with van der Waals surface area (Å²) in [6.45, 7) is 4.47. The van der Waals surface area contributed by atoms with Crippen LogP contribution in [-0.4, -0.2) is 68.7 Å². The minimum Gasteiger partial charge on any atom is -0.384 e. The van der Waals surface area contributed by atoms with Crippen LogP contribution in [0.5, 0.6) is 0 Å². The molecular weight excluding hydrogens is 504 g/mol. The van der Waals surface area contributed by atoms with Gasteiger partial charge in [0.05, 0.1) is 22.9 Å². The van der Waals surface area contributed by atoms with Gasteiger partial charge in [0, 0.05) is 40.5 Å². The van der Waals surface area contributed by atoms with Gasteiger partial charge in [-0.1, -0.05) is 42.5 Å². The predicted molar refractivity (Wildman–Crippen MR) is 168 cm³/mol. The summed E-state index contributed by atoms with van der Waals surface area (Å²) >= 11 is 0. The highest BCUT2D eigenvalue weighted by molar-refractivity contribution is 6.09. The second-order valence-corrected chi connectivity index (χ2v) is 13.5. The molecule has 0 saturated carbocycles. The van der Waals surface area contributed by atoms with Crippen molar-refractivity contribution in [3.05, 3.63) is 72.6 Å². The Morgan fingerprint density at radius 3 is 2.71 bits per heavy atom. The summed E-state index contributed by atoms with van der Waals surface area (Å²) in [6, 6.07) is 11.3. The zero-order valence-electron chi connectivity index (χ0n) is 24.3. The van der Waals surface area contributed by atoms with Crippen molar-refractivity contribution in [3.63, 3.8) is 0 Å². The second-order valence-electron chi connectivity index (χ2n) is 13.5. The predicted octanol–water partition coefficient (Wildman–Crippen LogP) is 6.86. The van der Waals surface area contributed by atoms with E-state index in [2.05, 4.69) is 75.5 Å². The molecule has 6 heterocycles. The van der Waals surface area contributed by atoms with E-state index in [1.165, 1.54) is 55.0 Å². The maximum atomic E-state index is 13.1. The van der Waals surface area contributed by atoms with Crippen LogP contribution >= 0.6 is 0 Å². The van der Waals surface area contributed by atoms with Crippen molar-refractivity contribution >= 4 is 27.4 Å². The Labute approximate surface area is 244 Å². The number of aliphatic hydroxyl groups is 1. The van der Waals surface area contributed by atoms with Crippen molar-refractivity contribution in [2.75, 3.05) is 26.2 Å². The van der Waals surface area contributed by atoms with Gasteiger partial charge in [-0.3, -0.25) is 9.88 Å². The molecule has 5 nitrogen and oxygen atoms in total. The molecule has 1 aliphatic carbocycles. The summed E-state index contributed by atoms with van der Waals surface area (Å²) in [6.07, 6.45) is 25.2. The summed E-state index contributed by atoms with van der Waals surface area (Å²) in [7, 11) is 0. The number of hydrogen-bond donors (Lipinski definition) is 2. The van der Waals surface area contributed by atoms with Crippen molar-refractivity contribution in [2.24, 2.45) is 11.3 Å². The van der Waals surface area contributed by atoms with Crippen LogP contribution in [0.25, 0.3) is 27.4 Å². The third-order valence-electron chi connectivity index (χ3n) is 11.2. The quantitative estimate of drug-likeness (QED) is 0.326. The lowest BCUT2D eigenvalue weighted by Crippen LogP contribution is -2.65. The van der Waals surface area contributed by atoms with Crippen molar-refractivity contribution in [1.82, 2.24) is 19.8 Å². The maximum absolute atomic E-state index is 13.1. The number of rotatable bonds is 1. The second kappa shape index (κ2) is 10.2. The van der Waals surface area contributed by atoms with Gasteiger partial charge in [-0.25, -0.2) is 0 Å². The van der Waals surface area contributed by atoms with Crippen molar-refractivity contribution in [1.29, 1.82) is 0 Å². The fourth-order valence-corrected chi connectivity index (χ4v) is 9.59. The van der Waals surface area contributed by atoms with Crippen LogP contribution in [0.1, 0.15) is 69.9 Å². The van der Waals surface area contributed by atoms with E-state index in [4.69, 9.17) is 4.98 Å². The Balaban J connectivity index is 1.35. The summed E-state index contributed by atoms with van der Waals surface area (Å²) in [5, 5.41) is 15.5. The molecule has 5 heteroatoms. The standard InChI is InChI=1S/C36H44N4O/c41-36-18-10-4-1-2-5-11-20-39-22-17-30(35(25-39)23-26-13-7-3-6-12-21-40(26)34(35)36)29(24-36)32-33-28(16-19-37-32)27-14-8-9-15-31(27)38-33/h1,4,7-9,13-16,19,24,26,30,34,38,41H,2-3,5-6,10-12,17-18,20-23,25H2/b4-1-,13-7-/t26-,30?,34+,35-,36-/m0/s1. The Kier molecular flexibility index (Phi) is 6.46. The van der Waals surface area contributed by atoms with Gasteiger partial charge in [-0.05, 0) is 114 Å². The smallest absolute Gasteiger partial charge is 0.0998 e. The number of benzene rings is 1. The van der Waals surface area contributed by atoms with Crippen LogP contribution in [0.15, 0.2) is 66.9 Å². The van der Waals surface area contributed by atoms with E-state index >= 15 is 0 Å². The SMILES string of the molecule is O[C@]12C=C(c3nccc4c3[nH]c3ccccc34)C3CCN(CCCC/C=C\CC1)C[C@@]31C[C@@H]3/C=C\CCCCN3[C@H]12. The first-order valence-electron chi connectivity index (χ1n) is 16.3. The van der Waals surface area contributed by atoms with Crippen molar-refractivity contribution in [3.8, 4) is 0 Å². The minimum atomic E-state index is -0.898. The highest BCUT2D eigenvalue weighted by atomic mass is 16.3. The lowest BCUT2D eigenvalue weighted by Gasteiger charge is -2.58. The molecule has 0 amide bonds. The van der Waals surface area contributed by atoms with E-state index in [0.717, 1.165) is 68.5 Å². The summed E-state index contributed by atoms with van der Waals surface area (Å²) in [5.74, 6) is 0.385. The largest absolute Gasteiger partial charge is 0.384 e. The average Bonchev–Trinajstić information content (AvgIpc) is 3.49. The van der Waals surface area contributed by atoms with Gasteiger partial charge in [0.25, 0.3) is 0 Å². The van der Waals surface area contributed by atoms with Crippen LogP contribution in [0, 0.1) is 11.3 Å². The molecule has 41 heavy (non-hydrogen) atoms. The lowest BCUT2D eigenvalue weighted by molar-refractivity contribution is -0.0894. The summed E-state index contributed by atoms with van der Waals surface area (Å²) < 4.78 is 0. The topological polar surface area (TPSA) is 55.4 Å². The van der Waals surface area contributed by atoms with Gasteiger partial charge in [0.1, 0.15) is 0 Å². The molecule has 2 unspecified atom stereocenters. The number of allylic oxidation sites excluding steroid dienone is 4. The van der Waals surface area contributed by atoms with E-state index in [9.17, 15) is 5.11 Å². The van der Waals surface area contributed by atoms with Gasteiger partial charge in [0.15, 0.2) is 0 Å². The van der Waals surface area contributed by atoms with Crippen LogP contribution in [0.4, 0.5) is 0 Å². The van der Waals surface area contributed by atoms with Crippen LogP contribution in [-0.2, 0) is 0 Å². The van der Waals surface area contributed by atoms with Gasteiger partial charge in [-0.15, -0.1) is 0 Å². The van der Waals surface area contributed by atoms with E-state index in [1.54, 1.807) is 0 Å². The number of fused-ring (bicyclic) bond motifs is 5. The third kappa shape index (κ3) is 4.18. The Morgan fingerprint density at radius 2 is 1.76 bits per heavy atom. The van der Waals surface area contributed by atoms with Gasteiger partial charge < -0.3 is 15.0 Å². The Morgan fingerprint density at radius 1 is 0.902 bits per heavy atom. The first-order chi connectivity index (χ1) is 20.2. The number of nitrogens with zero attached hydrogens (tertiary/aromatic N) is 3. The molecule has 2 fully saturated rings. The van der Waals surface area contributed by atoms with E-state index in [-0.39, 0.29) is 11.5 Å². The lowest BCUT2D eigenvalue weighted by atomic mass is 9.54. The number of aromatic amines is 1. The molecule has 2 saturated heterocycles. The van der Waals surface area contributed by atoms with Gasteiger partial charge in [0.2, 0.25) is 0 Å². The molecule has 1 aromatic carbocycles. The Hall–Kier alpha value is -2.73. The molecular formula is C36H44N4O. The molecule has 214 valence electrons. The molecule has 3 bridgehead atoms. The van der Waals surface area contributed by atoms with Crippen molar-refractivity contribution < 1.29 is 5.11 Å². The number of piperidine rings is 1. The summed E-state index contributed by atoms with van der Waals surface area (Å²) in [4.78, 5) is 14.4. The number of para-hydroxylation sites is 1. The monoisotopic (exact) mass is 548 g/mol. The highest BCUT2D eigenvalue weighted by Gasteiger charge is 2.65. The van der Waals surface area contributed by atoms with Crippen LogP contribution in [0.2, 0.25) is 0 Å². The summed E-state index contributed by atoms with van der Waals surface area (Å²) in [5.41, 5.74) is 3.74. The zero-order chi connectivity index (χ0) is 27.4. The minimum absolute atomic E-state index is 0.00403. The molecule has 6 atom stereocenters. The van der Waals surface area contributed by atoms with Crippen LogP contribution in [0.3, 0.4) is 0 Å². The van der Waals surface area contributed by atoms with E-state index < -0.39 is 5.60 Å². The number of nitrogens with one attached hydrogen (secondary N) is 1. The van der Waals surface area contributed by atoms with Gasteiger partial charge in [-0.2, -0.15) is 0 Å². The van der Waals surface area contributed by atoms with E-state index in [0.29, 0.717) is 12.0 Å². The molecule has 0 radical (unpaired) electrons. The molecule has 1 spiro atoms. The molecule has 3 aromatic rings. The number of hydrogen-bond acceptors (Lipinski definition) is 4. The van der Waals surface area contributed by atoms with E-state index in [1.807, 2.05) is 6.20 Å². The number of aromatic nitrogens is 2. The molecule has 8 rings (SSSR count). The molecule has 2 aromatic heterocycles. The molecule has 4 aliphatic heterocycles. The fourth-order valence-electron chi connectivity index (χ4n) is 9.59. The van der Waals surface area contributed by atoms with Crippen LogP contribution < -0.4 is 0 Å². The highest BCUT2D eigenvalue weighted by Crippen LogP contribution is 2.61. The molecule has 2 N–H and O–H groups in total. The van der Waals surface area contributed by atoms with Gasteiger partial charge >= 0.3 is 0 Å². The number of H-pyrrole nitrogens is 1. The number of pyridine rings is 1. The average molecular weight is 549 g/mol. The first-order valence-corrected chi connectivity index (χ1v) is 16.3. The zero-order valence-corrected chi connectivity index (χ0v) is 24.3. The third-order valence-corrected chi connectivity index (χ3v) is 11.2. The fraction of sp³-hybridized carbons (Fsp3) is 0.528. The molecule has 5 aliphatic rings.